The van der Waals surface area contributed by atoms with Gasteiger partial charge in [-0.15, -0.1) is 0 Å². The van der Waals surface area contributed by atoms with E-state index in [4.69, 9.17) is 4.74 Å². The maximum Gasteiger partial charge on any atom is 0.302 e. The first-order valence-corrected chi connectivity index (χ1v) is 3.80. The highest BCUT2D eigenvalue weighted by Crippen LogP contribution is 2.23. The van der Waals surface area contributed by atoms with Crippen LogP contribution in [0.15, 0.2) is 12.2 Å². The Bertz CT molecular complexity index is 167. The molecule has 0 aromatic carbocycles. The third kappa shape index (κ3) is 3.56. The van der Waals surface area contributed by atoms with Crippen LogP contribution in [0.2, 0.25) is 0 Å². The summed E-state index contributed by atoms with van der Waals surface area (Å²) in [4.78, 5) is 10.3. The molecule has 1 aliphatic rings. The van der Waals surface area contributed by atoms with Crippen molar-refractivity contribution >= 4 is 5.97 Å². The molecule has 0 unspecified atom stereocenters. The molecule has 0 aliphatic heterocycles. The van der Waals surface area contributed by atoms with E-state index >= 15 is 0 Å². The van der Waals surface area contributed by atoms with Crippen molar-refractivity contribution in [3.63, 3.8) is 0 Å². The maximum absolute atomic E-state index is 10.3. The van der Waals surface area contributed by atoms with Crippen LogP contribution in [-0.4, -0.2) is 12.6 Å². The van der Waals surface area contributed by atoms with Crippen molar-refractivity contribution in [1.29, 1.82) is 0 Å². The Balaban J connectivity index is 2.08. The number of hydrogen-bond acceptors (Lipinski definition) is 2. The van der Waals surface area contributed by atoms with Gasteiger partial charge >= 0.3 is 5.97 Å². The van der Waals surface area contributed by atoms with Crippen LogP contribution in [0.25, 0.3) is 0 Å². The van der Waals surface area contributed by atoms with E-state index in [1.165, 1.54) is 6.92 Å². The van der Waals surface area contributed by atoms with Crippen LogP contribution in [0.3, 0.4) is 0 Å². The number of esters is 1. The third-order valence-corrected chi connectivity index (χ3v) is 1.38. The van der Waals surface area contributed by atoms with Gasteiger partial charge in [0.05, 0.1) is 0 Å². The van der Waals surface area contributed by atoms with Crippen molar-refractivity contribution in [2.24, 2.45) is 0 Å². The Morgan fingerprint density at radius 1 is 1.50 bits per heavy atom. The van der Waals surface area contributed by atoms with Gasteiger partial charge in [-0.1, -0.05) is 12.2 Å². The SMILES string of the molecule is CC(=O)OC/C=C/[C]1[CH][CH][CH][CH]1. The van der Waals surface area contributed by atoms with E-state index in [9.17, 15) is 4.79 Å². The van der Waals surface area contributed by atoms with Gasteiger partial charge in [0.15, 0.2) is 0 Å². The van der Waals surface area contributed by atoms with Gasteiger partial charge in [-0.25, -0.2) is 0 Å². The van der Waals surface area contributed by atoms with E-state index in [0.29, 0.717) is 6.61 Å². The molecule has 1 fully saturated rings. The second-order valence-electron chi connectivity index (χ2n) is 2.42. The van der Waals surface area contributed by atoms with Gasteiger partial charge < -0.3 is 4.74 Å². The van der Waals surface area contributed by atoms with Gasteiger partial charge in [-0.3, -0.25) is 4.79 Å². The summed E-state index contributed by atoms with van der Waals surface area (Å²) in [6, 6.07) is 0. The Morgan fingerprint density at radius 2 is 2.17 bits per heavy atom. The Morgan fingerprint density at radius 3 is 2.75 bits per heavy atom. The monoisotopic (exact) mass is 163 g/mol. The van der Waals surface area contributed by atoms with Crippen LogP contribution in [-0.2, 0) is 9.53 Å². The first-order valence-electron chi connectivity index (χ1n) is 3.80. The maximum atomic E-state index is 10.3. The molecule has 0 atom stereocenters. The predicted molar refractivity (Wildman–Crippen MR) is 46.2 cm³/mol. The molecule has 1 saturated carbocycles. The summed E-state index contributed by atoms with van der Waals surface area (Å²) in [6.45, 7) is 1.75. The lowest BCUT2D eigenvalue weighted by Crippen LogP contribution is -1.98. The minimum atomic E-state index is -0.248. The molecule has 2 heteroatoms. The van der Waals surface area contributed by atoms with Crippen LogP contribution in [0, 0.1) is 31.6 Å². The molecule has 0 aromatic heterocycles. The number of carbonyl (C=O) groups is 1. The summed E-state index contributed by atoms with van der Waals surface area (Å²) < 4.78 is 4.71. The number of rotatable bonds is 3. The van der Waals surface area contributed by atoms with E-state index in [0.717, 1.165) is 5.92 Å². The Kier molecular flexibility index (Phi) is 3.85. The lowest BCUT2D eigenvalue weighted by molar-refractivity contribution is -0.139. The van der Waals surface area contributed by atoms with Gasteiger partial charge in [0.2, 0.25) is 0 Å². The van der Waals surface area contributed by atoms with Crippen molar-refractivity contribution in [3.8, 4) is 0 Å². The quantitative estimate of drug-likeness (QED) is 0.589. The number of carbonyl (C=O) groups excluding carboxylic acids is 1. The molecule has 0 saturated heterocycles. The molecular formula is C10H11O2. The zero-order chi connectivity index (χ0) is 8.81. The summed E-state index contributed by atoms with van der Waals surface area (Å²) >= 11 is 0. The van der Waals surface area contributed by atoms with Crippen molar-refractivity contribution in [2.75, 3.05) is 6.61 Å². The van der Waals surface area contributed by atoms with E-state index in [1.807, 2.05) is 37.8 Å². The van der Waals surface area contributed by atoms with E-state index < -0.39 is 0 Å². The third-order valence-electron chi connectivity index (χ3n) is 1.38. The second-order valence-corrected chi connectivity index (χ2v) is 2.42. The van der Waals surface area contributed by atoms with Crippen LogP contribution < -0.4 is 0 Å². The fourth-order valence-electron chi connectivity index (χ4n) is 0.850. The van der Waals surface area contributed by atoms with Crippen molar-refractivity contribution < 1.29 is 9.53 Å². The molecule has 0 aromatic rings. The van der Waals surface area contributed by atoms with Crippen LogP contribution >= 0.6 is 0 Å². The Hall–Kier alpha value is -0.790. The zero-order valence-corrected chi connectivity index (χ0v) is 6.99. The lowest BCUT2D eigenvalue weighted by atomic mass is 10.1. The lowest BCUT2D eigenvalue weighted by Gasteiger charge is -1.98. The summed E-state index contributed by atoms with van der Waals surface area (Å²) in [5.41, 5.74) is 0. The van der Waals surface area contributed by atoms with Gasteiger partial charge in [0.1, 0.15) is 6.61 Å². The van der Waals surface area contributed by atoms with Crippen LogP contribution in [0.4, 0.5) is 0 Å². The molecule has 1 aliphatic carbocycles. The molecule has 63 valence electrons. The average molecular weight is 163 g/mol. The molecule has 1 rings (SSSR count). The smallest absolute Gasteiger partial charge is 0.302 e. The van der Waals surface area contributed by atoms with Crippen LogP contribution in [0.5, 0.6) is 0 Å². The number of hydrogen-bond donors (Lipinski definition) is 0. The molecule has 0 bridgehead atoms. The van der Waals surface area contributed by atoms with Crippen LogP contribution in [0.1, 0.15) is 6.92 Å². The number of allylic oxidation sites excluding steroid dienone is 1. The fourth-order valence-corrected chi connectivity index (χ4v) is 0.850. The summed E-state index contributed by atoms with van der Waals surface area (Å²) in [5.74, 6) is 0.879. The highest BCUT2D eigenvalue weighted by Gasteiger charge is 2.12. The molecule has 0 spiro atoms. The molecule has 12 heavy (non-hydrogen) atoms. The molecule has 2 nitrogen and oxygen atoms in total. The predicted octanol–water partition coefficient (Wildman–Crippen LogP) is 1.51. The minimum Gasteiger partial charge on any atom is -0.462 e. The van der Waals surface area contributed by atoms with E-state index in [-0.39, 0.29) is 5.97 Å². The largest absolute Gasteiger partial charge is 0.462 e. The minimum absolute atomic E-state index is 0.248. The first-order chi connectivity index (χ1) is 5.79. The van der Waals surface area contributed by atoms with Gasteiger partial charge in [0.25, 0.3) is 0 Å². The van der Waals surface area contributed by atoms with Gasteiger partial charge in [-0.05, 0) is 25.7 Å². The van der Waals surface area contributed by atoms with Crippen molar-refractivity contribution in [1.82, 2.24) is 0 Å². The highest BCUT2D eigenvalue weighted by atomic mass is 16.5. The fraction of sp³-hybridized carbons (Fsp3) is 0.200. The molecular weight excluding hydrogens is 152 g/mol. The average Bonchev–Trinajstić information content (AvgIpc) is 2.49. The standard InChI is InChI=1S/C10H11O2/c1-9(11)12-8-4-7-10-5-2-3-6-10/h2-7H,8H2,1H3/b7-4+. The second kappa shape index (κ2) is 4.96. The molecule has 5 radical (unpaired) electrons. The molecule has 0 amide bonds. The first kappa shape index (κ1) is 9.30. The highest BCUT2D eigenvalue weighted by molar-refractivity contribution is 5.66. The summed E-state index contributed by atoms with van der Waals surface area (Å²) in [7, 11) is 0. The normalized spacial score (nSPS) is 18.8. The summed E-state index contributed by atoms with van der Waals surface area (Å²) in [6.07, 6.45) is 11.6. The molecule has 0 N–H and O–H groups in total. The summed E-state index contributed by atoms with van der Waals surface area (Å²) in [5, 5.41) is 0. The Labute approximate surface area is 73.6 Å². The van der Waals surface area contributed by atoms with Crippen molar-refractivity contribution in [3.05, 3.63) is 43.8 Å². The van der Waals surface area contributed by atoms with Gasteiger partial charge in [0, 0.05) is 12.8 Å². The topological polar surface area (TPSA) is 26.3 Å². The number of ether oxygens (including phenoxy) is 1. The van der Waals surface area contributed by atoms with E-state index in [2.05, 4.69) is 0 Å². The zero-order valence-electron chi connectivity index (χ0n) is 6.99. The van der Waals surface area contributed by atoms with Crippen molar-refractivity contribution in [2.45, 2.75) is 6.92 Å². The molecule has 0 heterocycles. The van der Waals surface area contributed by atoms with Gasteiger partial charge in [-0.2, -0.15) is 0 Å². The van der Waals surface area contributed by atoms with E-state index in [1.54, 1.807) is 0 Å².